The minimum atomic E-state index is -3.12. The van der Waals surface area contributed by atoms with Gasteiger partial charge in [0, 0.05) is 38.3 Å². The lowest BCUT2D eigenvalue weighted by Gasteiger charge is -2.33. The van der Waals surface area contributed by atoms with E-state index in [1.165, 1.54) is 16.6 Å². The Morgan fingerprint density at radius 3 is 2.43 bits per heavy atom. The lowest BCUT2D eigenvalue weighted by atomic mass is 10.1. The summed E-state index contributed by atoms with van der Waals surface area (Å²) in [7, 11) is -3.12. The van der Waals surface area contributed by atoms with Crippen molar-refractivity contribution in [3.63, 3.8) is 0 Å². The Kier molecular flexibility index (Phi) is 5.32. The molecule has 1 fully saturated rings. The first kappa shape index (κ1) is 16.4. The Morgan fingerprint density at radius 1 is 1.24 bits per heavy atom. The molecule has 7 heteroatoms. The van der Waals surface area contributed by atoms with Crippen molar-refractivity contribution in [1.29, 1.82) is 0 Å². The lowest BCUT2D eigenvalue weighted by molar-refractivity contribution is 0.123. The normalized spacial score (nSPS) is 19.6. The van der Waals surface area contributed by atoms with Crippen molar-refractivity contribution >= 4 is 10.0 Å². The first-order valence-electron chi connectivity index (χ1n) is 6.98. The first-order valence-corrected chi connectivity index (χ1v) is 8.83. The number of piperazine rings is 1. The van der Waals surface area contributed by atoms with Gasteiger partial charge in [0.15, 0.2) is 0 Å². The molecule has 0 bridgehead atoms. The van der Waals surface area contributed by atoms with Crippen molar-refractivity contribution in [1.82, 2.24) is 9.21 Å². The average molecular weight is 316 g/mol. The predicted molar refractivity (Wildman–Crippen MR) is 78.8 cm³/mol. The third-order valence-electron chi connectivity index (χ3n) is 3.78. The molecule has 0 amide bonds. The second-order valence-electron chi connectivity index (χ2n) is 5.33. The second kappa shape index (κ2) is 6.83. The second-order valence-corrected chi connectivity index (χ2v) is 7.31. The van der Waals surface area contributed by atoms with Gasteiger partial charge in [0.25, 0.3) is 0 Å². The fourth-order valence-electron chi connectivity index (χ4n) is 2.49. The highest BCUT2D eigenvalue weighted by Crippen LogP contribution is 2.20. The number of aliphatic hydroxyl groups is 1. The minimum absolute atomic E-state index is 0.312. The summed E-state index contributed by atoms with van der Waals surface area (Å²) in [4.78, 5) is 2.09. The summed E-state index contributed by atoms with van der Waals surface area (Å²) < 4.78 is 37.8. The van der Waals surface area contributed by atoms with Gasteiger partial charge in [-0.25, -0.2) is 12.8 Å². The van der Waals surface area contributed by atoms with Crippen LogP contribution in [0.1, 0.15) is 18.1 Å². The van der Waals surface area contributed by atoms with Crippen molar-refractivity contribution in [3.8, 4) is 0 Å². The van der Waals surface area contributed by atoms with Crippen LogP contribution in [-0.4, -0.2) is 61.7 Å². The van der Waals surface area contributed by atoms with E-state index in [1.54, 1.807) is 18.2 Å². The van der Waals surface area contributed by atoms with Crippen molar-refractivity contribution in [2.75, 3.05) is 39.0 Å². The largest absolute Gasteiger partial charge is 0.388 e. The molecule has 1 unspecified atom stereocenters. The molecule has 2 rings (SSSR count). The molecule has 1 aromatic carbocycles. The third kappa shape index (κ3) is 4.47. The Hall–Kier alpha value is -1.02. The van der Waals surface area contributed by atoms with Crippen LogP contribution in [0.5, 0.6) is 0 Å². The molecule has 0 radical (unpaired) electrons. The Morgan fingerprint density at radius 2 is 1.86 bits per heavy atom. The quantitative estimate of drug-likeness (QED) is 0.874. The van der Waals surface area contributed by atoms with E-state index < -0.39 is 21.9 Å². The van der Waals surface area contributed by atoms with E-state index in [0.717, 1.165) is 0 Å². The SMILES string of the molecule is CS(=O)(=O)N1CCN(CCC(O)c2ccccc2F)CC1. The van der Waals surface area contributed by atoms with Crippen LogP contribution in [0, 0.1) is 5.82 Å². The molecule has 1 aliphatic heterocycles. The van der Waals surface area contributed by atoms with Gasteiger partial charge in [-0.15, -0.1) is 0 Å². The highest BCUT2D eigenvalue weighted by molar-refractivity contribution is 7.88. The van der Waals surface area contributed by atoms with Crippen molar-refractivity contribution < 1.29 is 17.9 Å². The van der Waals surface area contributed by atoms with Crippen LogP contribution in [0.25, 0.3) is 0 Å². The first-order chi connectivity index (χ1) is 9.88. The number of nitrogens with zero attached hydrogens (tertiary/aromatic N) is 2. The van der Waals surface area contributed by atoms with Gasteiger partial charge >= 0.3 is 0 Å². The minimum Gasteiger partial charge on any atom is -0.388 e. The third-order valence-corrected chi connectivity index (χ3v) is 5.09. The van der Waals surface area contributed by atoms with Crippen LogP contribution >= 0.6 is 0 Å². The van der Waals surface area contributed by atoms with E-state index in [2.05, 4.69) is 4.90 Å². The maximum absolute atomic E-state index is 13.5. The monoisotopic (exact) mass is 316 g/mol. The zero-order chi connectivity index (χ0) is 15.5. The highest BCUT2D eigenvalue weighted by atomic mass is 32.2. The number of aliphatic hydroxyl groups excluding tert-OH is 1. The maximum Gasteiger partial charge on any atom is 0.211 e. The number of rotatable bonds is 5. The molecule has 1 heterocycles. The van der Waals surface area contributed by atoms with Gasteiger partial charge in [0.1, 0.15) is 5.82 Å². The molecule has 5 nitrogen and oxygen atoms in total. The lowest BCUT2D eigenvalue weighted by Crippen LogP contribution is -2.48. The Balaban J connectivity index is 1.81. The molecule has 1 aliphatic rings. The molecule has 0 aromatic heterocycles. The van der Waals surface area contributed by atoms with Gasteiger partial charge in [-0.1, -0.05) is 18.2 Å². The summed E-state index contributed by atoms with van der Waals surface area (Å²) >= 11 is 0. The van der Waals surface area contributed by atoms with Crippen LogP contribution in [0.15, 0.2) is 24.3 Å². The van der Waals surface area contributed by atoms with Gasteiger partial charge in [0.2, 0.25) is 10.0 Å². The number of sulfonamides is 1. The molecule has 0 aliphatic carbocycles. The summed E-state index contributed by atoms with van der Waals surface area (Å²) in [5, 5.41) is 10.0. The zero-order valence-electron chi connectivity index (χ0n) is 12.1. The standard InChI is InChI=1S/C14H21FN2O3S/c1-21(19,20)17-10-8-16(9-11-17)7-6-14(18)12-4-2-3-5-13(12)15/h2-5,14,18H,6-11H2,1H3. The van der Waals surface area contributed by atoms with Gasteiger partial charge in [-0.2, -0.15) is 4.31 Å². The molecule has 118 valence electrons. The van der Waals surface area contributed by atoms with Crippen LogP contribution < -0.4 is 0 Å². The fraction of sp³-hybridized carbons (Fsp3) is 0.571. The van der Waals surface area contributed by atoms with Gasteiger partial charge in [-0.3, -0.25) is 0 Å². The molecule has 0 saturated carbocycles. The van der Waals surface area contributed by atoms with Crippen LogP contribution in [0.2, 0.25) is 0 Å². The molecule has 1 saturated heterocycles. The molecule has 1 aromatic rings. The molecule has 0 spiro atoms. The average Bonchev–Trinajstić information content (AvgIpc) is 2.45. The topological polar surface area (TPSA) is 60.9 Å². The molecule has 21 heavy (non-hydrogen) atoms. The zero-order valence-corrected chi connectivity index (χ0v) is 12.9. The van der Waals surface area contributed by atoms with Gasteiger partial charge in [0.05, 0.1) is 12.4 Å². The summed E-state index contributed by atoms with van der Waals surface area (Å²) in [6.45, 7) is 2.82. The number of hydrogen-bond acceptors (Lipinski definition) is 4. The highest BCUT2D eigenvalue weighted by Gasteiger charge is 2.23. The van der Waals surface area contributed by atoms with E-state index in [-0.39, 0.29) is 0 Å². The van der Waals surface area contributed by atoms with E-state index in [4.69, 9.17) is 0 Å². The summed E-state index contributed by atoms with van der Waals surface area (Å²) in [6, 6.07) is 6.22. The molecular weight excluding hydrogens is 295 g/mol. The van der Waals surface area contributed by atoms with Crippen molar-refractivity contribution in [2.24, 2.45) is 0 Å². The number of halogens is 1. The predicted octanol–water partition coefficient (Wildman–Crippen LogP) is 0.826. The number of benzene rings is 1. The van der Waals surface area contributed by atoms with E-state index in [0.29, 0.717) is 44.7 Å². The molecular formula is C14H21FN2O3S. The Bertz CT molecular complexity index is 571. The smallest absolute Gasteiger partial charge is 0.211 e. The van der Waals surface area contributed by atoms with Crippen LogP contribution in [0.3, 0.4) is 0 Å². The molecule has 1 N–H and O–H groups in total. The van der Waals surface area contributed by atoms with E-state index in [9.17, 15) is 17.9 Å². The Labute approximate surface area is 125 Å². The van der Waals surface area contributed by atoms with E-state index in [1.807, 2.05) is 0 Å². The summed E-state index contributed by atoms with van der Waals surface area (Å²) in [6.07, 6.45) is 0.809. The van der Waals surface area contributed by atoms with Gasteiger partial charge < -0.3 is 10.0 Å². The number of hydrogen-bond donors (Lipinski definition) is 1. The van der Waals surface area contributed by atoms with Crippen LogP contribution in [0.4, 0.5) is 4.39 Å². The fourth-order valence-corrected chi connectivity index (χ4v) is 3.32. The van der Waals surface area contributed by atoms with Crippen LogP contribution in [-0.2, 0) is 10.0 Å². The summed E-state index contributed by atoms with van der Waals surface area (Å²) in [5.74, 6) is -0.396. The van der Waals surface area contributed by atoms with Crippen molar-refractivity contribution in [3.05, 3.63) is 35.6 Å². The van der Waals surface area contributed by atoms with E-state index >= 15 is 0 Å². The molecule has 1 atom stereocenters. The van der Waals surface area contributed by atoms with Crippen molar-refractivity contribution in [2.45, 2.75) is 12.5 Å². The van der Waals surface area contributed by atoms with Gasteiger partial charge in [-0.05, 0) is 12.5 Å². The summed E-state index contributed by atoms with van der Waals surface area (Å²) in [5.41, 5.74) is 0.312. The maximum atomic E-state index is 13.5.